The number of likely N-dealkylation sites (tertiary alicyclic amines) is 1. The molecule has 1 aliphatic heterocycles. The monoisotopic (exact) mass is 221 g/mol. The summed E-state index contributed by atoms with van der Waals surface area (Å²) in [6.07, 6.45) is 8.22. The third-order valence-electron chi connectivity index (χ3n) is 3.04. The Labute approximate surface area is 95.9 Å². The highest BCUT2D eigenvalue weighted by molar-refractivity contribution is 5.36. The summed E-state index contributed by atoms with van der Waals surface area (Å²) >= 11 is 0. The molecule has 0 amide bonds. The molecule has 4 heteroatoms. The third kappa shape index (κ3) is 2.39. The summed E-state index contributed by atoms with van der Waals surface area (Å²) in [5, 5.41) is 9.64. The van der Waals surface area contributed by atoms with Crippen molar-refractivity contribution in [3.63, 3.8) is 0 Å². The summed E-state index contributed by atoms with van der Waals surface area (Å²) in [5.41, 5.74) is 13.6. The summed E-state index contributed by atoms with van der Waals surface area (Å²) < 4.78 is 0. The zero-order valence-electron chi connectivity index (χ0n) is 9.39. The molecular weight excluding hydrogens is 202 g/mol. The largest absolute Gasteiger partial charge is 0.400 e. The molecule has 0 aromatic rings. The van der Waals surface area contributed by atoms with Gasteiger partial charge in [-0.15, -0.1) is 0 Å². The highest BCUT2D eigenvalue weighted by Crippen LogP contribution is 2.19. The molecule has 0 aromatic carbocycles. The maximum atomic E-state index is 9.64. The maximum absolute atomic E-state index is 9.64. The molecule has 16 heavy (non-hydrogen) atoms. The molecule has 0 radical (unpaired) electrons. The molecule has 0 aromatic heterocycles. The second-order valence-corrected chi connectivity index (χ2v) is 4.37. The van der Waals surface area contributed by atoms with Crippen LogP contribution in [0.5, 0.6) is 0 Å². The summed E-state index contributed by atoms with van der Waals surface area (Å²) in [6, 6.07) is 0. The van der Waals surface area contributed by atoms with E-state index in [1.807, 2.05) is 12.2 Å². The van der Waals surface area contributed by atoms with Gasteiger partial charge in [0.2, 0.25) is 0 Å². The van der Waals surface area contributed by atoms with E-state index in [0.29, 0.717) is 11.4 Å². The van der Waals surface area contributed by atoms with Gasteiger partial charge in [0.1, 0.15) is 6.10 Å². The van der Waals surface area contributed by atoms with E-state index in [1.165, 1.54) is 19.3 Å². The van der Waals surface area contributed by atoms with E-state index in [4.69, 9.17) is 11.5 Å². The van der Waals surface area contributed by atoms with Crippen molar-refractivity contribution in [3.8, 4) is 0 Å². The Kier molecular flexibility index (Phi) is 3.19. The SMILES string of the molecule is NC1=C[C@H](O)C(N)=CC(N2CCCCC2)=C1. The second kappa shape index (κ2) is 4.61. The zero-order chi connectivity index (χ0) is 11.5. The average Bonchev–Trinajstić information content (AvgIpc) is 2.40. The van der Waals surface area contributed by atoms with Gasteiger partial charge in [-0.3, -0.25) is 0 Å². The molecular formula is C12H19N3O. The van der Waals surface area contributed by atoms with Crippen LogP contribution in [0, 0.1) is 0 Å². The van der Waals surface area contributed by atoms with Crippen LogP contribution in [-0.4, -0.2) is 29.2 Å². The molecule has 0 bridgehead atoms. The smallest absolute Gasteiger partial charge is 0.114 e. The third-order valence-corrected chi connectivity index (χ3v) is 3.04. The van der Waals surface area contributed by atoms with Crippen LogP contribution in [0.1, 0.15) is 19.3 Å². The Morgan fingerprint density at radius 1 is 1.12 bits per heavy atom. The normalized spacial score (nSPS) is 26.7. The number of nitrogens with two attached hydrogens (primary N) is 2. The van der Waals surface area contributed by atoms with E-state index < -0.39 is 6.10 Å². The van der Waals surface area contributed by atoms with Crippen LogP contribution in [0.3, 0.4) is 0 Å². The van der Waals surface area contributed by atoms with Gasteiger partial charge < -0.3 is 21.5 Å². The molecule has 0 saturated carbocycles. The number of rotatable bonds is 1. The van der Waals surface area contributed by atoms with E-state index in [1.54, 1.807) is 6.08 Å². The number of allylic oxidation sites excluding steroid dienone is 2. The molecule has 1 saturated heterocycles. The van der Waals surface area contributed by atoms with Gasteiger partial charge in [-0.1, -0.05) is 0 Å². The molecule has 0 spiro atoms. The van der Waals surface area contributed by atoms with Crippen LogP contribution in [-0.2, 0) is 0 Å². The Morgan fingerprint density at radius 3 is 2.50 bits per heavy atom. The summed E-state index contributed by atoms with van der Waals surface area (Å²) in [7, 11) is 0. The van der Waals surface area contributed by atoms with Crippen molar-refractivity contribution in [2.24, 2.45) is 11.5 Å². The van der Waals surface area contributed by atoms with Crippen LogP contribution in [0.15, 0.2) is 35.3 Å². The highest BCUT2D eigenvalue weighted by Gasteiger charge is 2.16. The van der Waals surface area contributed by atoms with Crippen molar-refractivity contribution in [1.82, 2.24) is 4.90 Å². The lowest BCUT2D eigenvalue weighted by molar-refractivity contribution is 0.255. The number of aliphatic hydroxyl groups excluding tert-OH is 1. The molecule has 88 valence electrons. The molecule has 2 aliphatic rings. The molecule has 1 heterocycles. The molecule has 1 aliphatic carbocycles. The Hall–Kier alpha value is -1.42. The number of hydrogen-bond acceptors (Lipinski definition) is 4. The van der Waals surface area contributed by atoms with Gasteiger partial charge in [-0.05, 0) is 37.5 Å². The van der Waals surface area contributed by atoms with Crippen molar-refractivity contribution in [3.05, 3.63) is 35.3 Å². The lowest BCUT2D eigenvalue weighted by atomic mass is 10.1. The van der Waals surface area contributed by atoms with Gasteiger partial charge in [0.05, 0.1) is 0 Å². The van der Waals surface area contributed by atoms with E-state index >= 15 is 0 Å². The lowest BCUT2D eigenvalue weighted by Crippen LogP contribution is -2.29. The minimum atomic E-state index is -0.765. The van der Waals surface area contributed by atoms with Gasteiger partial charge in [0, 0.05) is 30.2 Å². The van der Waals surface area contributed by atoms with Crippen molar-refractivity contribution >= 4 is 0 Å². The maximum Gasteiger partial charge on any atom is 0.114 e. The molecule has 1 fully saturated rings. The number of aliphatic hydroxyl groups is 1. The van der Waals surface area contributed by atoms with Crippen LogP contribution in [0.4, 0.5) is 0 Å². The predicted molar refractivity (Wildman–Crippen MR) is 64.1 cm³/mol. The minimum Gasteiger partial charge on any atom is -0.400 e. The fourth-order valence-corrected chi connectivity index (χ4v) is 2.13. The fraction of sp³-hybridized carbons (Fsp3) is 0.500. The Morgan fingerprint density at radius 2 is 1.81 bits per heavy atom. The fourth-order valence-electron chi connectivity index (χ4n) is 2.13. The van der Waals surface area contributed by atoms with Crippen molar-refractivity contribution in [2.45, 2.75) is 25.4 Å². The van der Waals surface area contributed by atoms with Gasteiger partial charge in [-0.2, -0.15) is 0 Å². The van der Waals surface area contributed by atoms with E-state index in [-0.39, 0.29) is 0 Å². The lowest BCUT2D eigenvalue weighted by Gasteiger charge is -2.29. The minimum absolute atomic E-state index is 0.456. The van der Waals surface area contributed by atoms with Crippen molar-refractivity contribution in [2.75, 3.05) is 13.1 Å². The standard InChI is InChI=1S/C12H19N3O/c13-9-6-10(8-11(14)12(16)7-9)15-4-2-1-3-5-15/h6-8,12,16H,1-5,13-14H2/t12-/m0/s1. The molecule has 5 N–H and O–H groups in total. The van der Waals surface area contributed by atoms with Gasteiger partial charge in [-0.25, -0.2) is 0 Å². The first-order valence-corrected chi connectivity index (χ1v) is 5.76. The second-order valence-electron chi connectivity index (χ2n) is 4.37. The van der Waals surface area contributed by atoms with Crippen LogP contribution < -0.4 is 11.5 Å². The predicted octanol–water partition coefficient (Wildman–Crippen LogP) is 0.416. The van der Waals surface area contributed by atoms with Crippen molar-refractivity contribution in [1.29, 1.82) is 0 Å². The van der Waals surface area contributed by atoms with E-state index in [0.717, 1.165) is 18.8 Å². The topological polar surface area (TPSA) is 75.5 Å². The van der Waals surface area contributed by atoms with Crippen LogP contribution >= 0.6 is 0 Å². The Bertz CT molecular complexity index is 351. The quantitative estimate of drug-likeness (QED) is 0.599. The van der Waals surface area contributed by atoms with Crippen LogP contribution in [0.2, 0.25) is 0 Å². The summed E-state index contributed by atoms with van der Waals surface area (Å²) in [4.78, 5) is 2.27. The Balaban J connectivity index is 2.22. The highest BCUT2D eigenvalue weighted by atomic mass is 16.3. The molecule has 1 atom stereocenters. The van der Waals surface area contributed by atoms with Gasteiger partial charge in [0.15, 0.2) is 0 Å². The van der Waals surface area contributed by atoms with E-state index in [9.17, 15) is 5.11 Å². The first-order chi connectivity index (χ1) is 7.66. The van der Waals surface area contributed by atoms with Crippen LogP contribution in [0.25, 0.3) is 0 Å². The van der Waals surface area contributed by atoms with E-state index in [2.05, 4.69) is 4.90 Å². The average molecular weight is 221 g/mol. The first kappa shape index (κ1) is 11.1. The summed E-state index contributed by atoms with van der Waals surface area (Å²) in [6.45, 7) is 2.08. The van der Waals surface area contributed by atoms with Gasteiger partial charge >= 0.3 is 0 Å². The number of piperidine rings is 1. The zero-order valence-corrected chi connectivity index (χ0v) is 9.39. The molecule has 4 nitrogen and oxygen atoms in total. The first-order valence-electron chi connectivity index (χ1n) is 5.76. The number of hydrogen-bond donors (Lipinski definition) is 3. The molecule has 0 unspecified atom stereocenters. The molecule has 2 rings (SSSR count). The number of nitrogens with zero attached hydrogens (tertiary/aromatic N) is 1. The summed E-state index contributed by atoms with van der Waals surface area (Å²) in [5.74, 6) is 0. The van der Waals surface area contributed by atoms with Crippen molar-refractivity contribution < 1.29 is 5.11 Å². The van der Waals surface area contributed by atoms with Gasteiger partial charge in [0.25, 0.3) is 0 Å².